The molecule has 0 aromatic carbocycles. The maximum Gasteiger partial charge on any atom is 0.225 e. The monoisotopic (exact) mass is 359 g/mol. The number of piperidine rings is 2. The van der Waals surface area contributed by atoms with E-state index in [1.54, 1.807) is 0 Å². The predicted molar refractivity (Wildman–Crippen MR) is 91.7 cm³/mol. The Hall–Kier alpha value is -1.15. The Balaban J connectivity index is 1.76. The first-order valence-corrected chi connectivity index (χ1v) is 10.6. The van der Waals surface area contributed by atoms with Crippen molar-refractivity contribution in [3.63, 3.8) is 0 Å². The summed E-state index contributed by atoms with van der Waals surface area (Å²) in [5.74, 6) is 0.0965. The molecule has 24 heavy (non-hydrogen) atoms. The van der Waals surface area contributed by atoms with E-state index in [0.29, 0.717) is 39.0 Å². The predicted octanol–water partition coefficient (Wildman–Crippen LogP) is 0.421. The highest BCUT2D eigenvalue weighted by molar-refractivity contribution is 7.88. The van der Waals surface area contributed by atoms with Crippen LogP contribution in [0.3, 0.4) is 0 Å². The van der Waals surface area contributed by atoms with E-state index in [2.05, 4.69) is 5.32 Å². The molecule has 0 aromatic rings. The van der Waals surface area contributed by atoms with Crippen LogP contribution in [-0.2, 0) is 19.6 Å². The van der Waals surface area contributed by atoms with Gasteiger partial charge in [0.2, 0.25) is 21.8 Å². The zero-order chi connectivity index (χ0) is 17.9. The zero-order valence-corrected chi connectivity index (χ0v) is 15.6. The fourth-order valence-electron chi connectivity index (χ4n) is 3.38. The molecule has 2 heterocycles. The molecule has 0 radical (unpaired) electrons. The molecule has 0 saturated carbocycles. The van der Waals surface area contributed by atoms with E-state index in [1.807, 2.05) is 18.7 Å². The van der Waals surface area contributed by atoms with Gasteiger partial charge in [-0.1, -0.05) is 13.8 Å². The van der Waals surface area contributed by atoms with Crippen LogP contribution < -0.4 is 5.32 Å². The second kappa shape index (κ2) is 7.82. The topological polar surface area (TPSA) is 86.8 Å². The molecular formula is C16H29N3O4S. The van der Waals surface area contributed by atoms with Gasteiger partial charge in [-0.3, -0.25) is 9.59 Å². The number of likely N-dealkylation sites (tertiary alicyclic amines) is 1. The van der Waals surface area contributed by atoms with Crippen molar-refractivity contribution in [3.8, 4) is 0 Å². The highest BCUT2D eigenvalue weighted by atomic mass is 32.2. The number of hydrogen-bond donors (Lipinski definition) is 1. The number of amides is 2. The van der Waals surface area contributed by atoms with Crippen molar-refractivity contribution in [1.82, 2.24) is 14.5 Å². The third-order valence-corrected chi connectivity index (χ3v) is 6.24. The lowest BCUT2D eigenvalue weighted by molar-refractivity contribution is -0.135. The molecule has 7 nitrogen and oxygen atoms in total. The Morgan fingerprint density at radius 1 is 1.00 bits per heavy atom. The molecule has 2 saturated heterocycles. The van der Waals surface area contributed by atoms with Crippen molar-refractivity contribution in [2.75, 3.05) is 32.4 Å². The molecule has 0 aliphatic carbocycles. The lowest BCUT2D eigenvalue weighted by atomic mass is 9.95. The Morgan fingerprint density at radius 3 is 2.00 bits per heavy atom. The van der Waals surface area contributed by atoms with E-state index in [1.165, 1.54) is 10.6 Å². The maximum absolute atomic E-state index is 12.4. The van der Waals surface area contributed by atoms with Gasteiger partial charge in [-0.15, -0.1) is 0 Å². The molecule has 2 aliphatic rings. The molecule has 0 bridgehead atoms. The molecule has 2 aliphatic heterocycles. The Kier molecular flexibility index (Phi) is 6.25. The van der Waals surface area contributed by atoms with Crippen LogP contribution in [0.25, 0.3) is 0 Å². The zero-order valence-electron chi connectivity index (χ0n) is 14.8. The van der Waals surface area contributed by atoms with E-state index in [-0.39, 0.29) is 29.7 Å². The Bertz CT molecular complexity index is 560. The van der Waals surface area contributed by atoms with Crippen LogP contribution in [0.2, 0.25) is 0 Å². The van der Waals surface area contributed by atoms with Gasteiger partial charge in [0.15, 0.2) is 0 Å². The fraction of sp³-hybridized carbons (Fsp3) is 0.875. The molecule has 2 rings (SSSR count). The standard InChI is InChI=1S/C16H29N3O4S/c1-12(2)16(21)18-8-6-14(7-9-18)17-15(20)13-4-10-19(11-5-13)24(3,22)23/h12-14H,4-11H2,1-3H3,(H,17,20). The summed E-state index contributed by atoms with van der Waals surface area (Å²) in [6.07, 6.45) is 3.92. The average Bonchev–Trinajstić information content (AvgIpc) is 2.54. The Labute approximate surface area is 144 Å². The summed E-state index contributed by atoms with van der Waals surface area (Å²) in [5, 5.41) is 3.09. The minimum absolute atomic E-state index is 0.0103. The van der Waals surface area contributed by atoms with Crippen LogP contribution in [0.4, 0.5) is 0 Å². The summed E-state index contributed by atoms with van der Waals surface area (Å²) in [5.41, 5.74) is 0. The minimum Gasteiger partial charge on any atom is -0.353 e. The average molecular weight is 359 g/mol. The number of carbonyl (C=O) groups excluding carboxylic acids is 2. The van der Waals surface area contributed by atoms with Crippen LogP contribution in [-0.4, -0.2) is 67.9 Å². The Morgan fingerprint density at radius 2 is 1.54 bits per heavy atom. The molecule has 0 unspecified atom stereocenters. The van der Waals surface area contributed by atoms with E-state index in [4.69, 9.17) is 0 Å². The lowest BCUT2D eigenvalue weighted by Crippen LogP contribution is -2.50. The molecule has 8 heteroatoms. The van der Waals surface area contributed by atoms with Crippen LogP contribution >= 0.6 is 0 Å². The van der Waals surface area contributed by atoms with Crippen molar-refractivity contribution in [1.29, 1.82) is 0 Å². The third kappa shape index (κ3) is 4.92. The summed E-state index contributed by atoms with van der Waals surface area (Å²) >= 11 is 0. The first-order valence-electron chi connectivity index (χ1n) is 8.72. The van der Waals surface area contributed by atoms with Crippen molar-refractivity contribution < 1.29 is 18.0 Å². The van der Waals surface area contributed by atoms with Gasteiger partial charge >= 0.3 is 0 Å². The quantitative estimate of drug-likeness (QED) is 0.788. The summed E-state index contributed by atoms with van der Waals surface area (Å²) in [4.78, 5) is 26.2. The largest absolute Gasteiger partial charge is 0.353 e. The van der Waals surface area contributed by atoms with E-state index >= 15 is 0 Å². The first-order chi connectivity index (χ1) is 11.2. The van der Waals surface area contributed by atoms with Crippen LogP contribution in [0.5, 0.6) is 0 Å². The molecule has 0 spiro atoms. The highest BCUT2D eigenvalue weighted by Crippen LogP contribution is 2.20. The van der Waals surface area contributed by atoms with E-state index in [9.17, 15) is 18.0 Å². The van der Waals surface area contributed by atoms with Gasteiger partial charge in [0.25, 0.3) is 0 Å². The smallest absolute Gasteiger partial charge is 0.225 e. The van der Waals surface area contributed by atoms with Gasteiger partial charge in [-0.2, -0.15) is 0 Å². The van der Waals surface area contributed by atoms with Gasteiger partial charge in [-0.25, -0.2) is 12.7 Å². The normalized spacial score (nSPS) is 21.9. The lowest BCUT2D eigenvalue weighted by Gasteiger charge is -2.35. The van der Waals surface area contributed by atoms with Gasteiger partial charge in [0.05, 0.1) is 6.26 Å². The van der Waals surface area contributed by atoms with Crippen LogP contribution in [0.15, 0.2) is 0 Å². The summed E-state index contributed by atoms with van der Waals surface area (Å²) in [6.45, 7) is 6.01. The van der Waals surface area contributed by atoms with Gasteiger partial charge in [-0.05, 0) is 25.7 Å². The molecule has 0 aromatic heterocycles. The summed E-state index contributed by atoms with van der Waals surface area (Å²) in [6, 6.07) is 0.113. The summed E-state index contributed by atoms with van der Waals surface area (Å²) in [7, 11) is -3.16. The van der Waals surface area contributed by atoms with Gasteiger partial charge in [0, 0.05) is 44.1 Å². The number of sulfonamides is 1. The highest BCUT2D eigenvalue weighted by Gasteiger charge is 2.31. The van der Waals surface area contributed by atoms with Gasteiger partial charge < -0.3 is 10.2 Å². The van der Waals surface area contributed by atoms with Crippen molar-refractivity contribution in [2.45, 2.75) is 45.6 Å². The van der Waals surface area contributed by atoms with Crippen LogP contribution in [0, 0.1) is 11.8 Å². The minimum atomic E-state index is -3.16. The van der Waals surface area contributed by atoms with Crippen molar-refractivity contribution >= 4 is 21.8 Å². The summed E-state index contributed by atoms with van der Waals surface area (Å²) < 4.78 is 24.5. The van der Waals surface area contributed by atoms with Gasteiger partial charge in [0.1, 0.15) is 0 Å². The number of nitrogens with zero attached hydrogens (tertiary/aromatic N) is 2. The first kappa shape index (κ1) is 19.2. The molecule has 2 fully saturated rings. The molecule has 138 valence electrons. The van der Waals surface area contributed by atoms with E-state index < -0.39 is 10.0 Å². The van der Waals surface area contributed by atoms with Crippen LogP contribution in [0.1, 0.15) is 39.5 Å². The third-order valence-electron chi connectivity index (χ3n) is 4.94. The number of rotatable bonds is 4. The molecule has 1 N–H and O–H groups in total. The molecular weight excluding hydrogens is 330 g/mol. The van der Waals surface area contributed by atoms with Crippen molar-refractivity contribution in [2.24, 2.45) is 11.8 Å². The number of carbonyl (C=O) groups is 2. The second-order valence-electron chi connectivity index (χ2n) is 7.20. The molecule has 0 atom stereocenters. The van der Waals surface area contributed by atoms with E-state index in [0.717, 1.165) is 12.8 Å². The molecule has 2 amide bonds. The fourth-order valence-corrected chi connectivity index (χ4v) is 4.25. The SMILES string of the molecule is CC(C)C(=O)N1CCC(NC(=O)C2CCN(S(C)(=O)=O)CC2)CC1. The van der Waals surface area contributed by atoms with Crippen molar-refractivity contribution in [3.05, 3.63) is 0 Å². The number of nitrogens with one attached hydrogen (secondary N) is 1. The second-order valence-corrected chi connectivity index (χ2v) is 9.18. The number of hydrogen-bond acceptors (Lipinski definition) is 4. The maximum atomic E-state index is 12.4.